The fraction of sp³-hybridized carbons (Fsp3) is 0.879. The van der Waals surface area contributed by atoms with Crippen molar-refractivity contribution in [1.29, 1.82) is 0 Å². The average molecular weight is 557 g/mol. The molecule has 0 spiro atoms. The Morgan fingerprint density at radius 1 is 1.05 bits per heavy atom. The highest BCUT2D eigenvalue weighted by Gasteiger charge is 2.61. The molecule has 0 bridgehead atoms. The van der Waals surface area contributed by atoms with Crippen LogP contribution in [0.3, 0.4) is 0 Å². The molecule has 5 nitrogen and oxygen atoms in total. The summed E-state index contributed by atoms with van der Waals surface area (Å²) in [6.45, 7) is 20.9. The summed E-state index contributed by atoms with van der Waals surface area (Å²) in [7, 11) is -1.79. The number of carbonyl (C=O) groups excluding carboxylic acids is 1. The number of carbonyl (C=O) groups is 1. The van der Waals surface area contributed by atoms with Gasteiger partial charge in [0.2, 0.25) is 0 Å². The second-order valence-electron chi connectivity index (χ2n) is 16.5. The second-order valence-corrected chi connectivity index (χ2v) is 21.2. The molecule has 0 aromatic carbocycles. The number of aliphatic hydroxyl groups is 1. The number of hydrogen-bond acceptors (Lipinski definition) is 4. The standard InChI is InChI=1S/C33H56N2O3Si/c1-22(36)24-19-34-35(20-24)21-33(7,37)29-13-12-28-27-11-10-23-18-31(5,38-39(8,9)30(2,3)4)16-14-25(23)26(27)15-17-32(28,29)6/h19-20,23,25-29,37H,10-18,21H2,1-9H3/t23-,25+,26-,27-,28+,29+,31-,32+,33?/m1/s1. The van der Waals surface area contributed by atoms with Gasteiger partial charge in [-0.05, 0) is 138 Å². The number of Topliss-reactive ketones (excluding diaryl/α,β-unsaturated/α-hetero) is 1. The van der Waals surface area contributed by atoms with E-state index in [0.717, 1.165) is 36.0 Å². The number of hydrogen-bond donors (Lipinski definition) is 1. The van der Waals surface area contributed by atoms with Crippen molar-refractivity contribution in [1.82, 2.24) is 9.78 Å². The minimum absolute atomic E-state index is 0.0253. The van der Waals surface area contributed by atoms with Crippen LogP contribution in [0.1, 0.15) is 117 Å². The lowest BCUT2D eigenvalue weighted by atomic mass is 9.48. The van der Waals surface area contributed by atoms with Crippen molar-refractivity contribution in [2.75, 3.05) is 0 Å². The lowest BCUT2D eigenvalue weighted by molar-refractivity contribution is -0.124. The minimum Gasteiger partial charge on any atom is -0.412 e. The van der Waals surface area contributed by atoms with E-state index < -0.39 is 13.9 Å². The zero-order valence-electron chi connectivity index (χ0n) is 26.3. The quantitative estimate of drug-likeness (QED) is 0.286. The molecule has 1 aromatic heterocycles. The highest BCUT2D eigenvalue weighted by molar-refractivity contribution is 6.74. The molecule has 0 amide bonds. The fourth-order valence-corrected chi connectivity index (χ4v) is 11.7. The Morgan fingerprint density at radius 2 is 1.74 bits per heavy atom. The number of aromatic nitrogens is 2. The first kappa shape index (κ1) is 29.5. The zero-order valence-corrected chi connectivity index (χ0v) is 27.3. The summed E-state index contributed by atoms with van der Waals surface area (Å²) < 4.78 is 8.89. The van der Waals surface area contributed by atoms with Crippen molar-refractivity contribution in [3.63, 3.8) is 0 Å². The Labute approximate surface area is 239 Å². The molecule has 4 saturated carbocycles. The zero-order chi connectivity index (χ0) is 28.6. The number of fused-ring (bicyclic) bond motifs is 5. The molecule has 5 rings (SSSR count). The van der Waals surface area contributed by atoms with Gasteiger partial charge >= 0.3 is 0 Å². The number of rotatable bonds is 6. The van der Waals surface area contributed by atoms with Crippen molar-refractivity contribution in [3.8, 4) is 0 Å². The largest absolute Gasteiger partial charge is 0.412 e. The third-order valence-corrected chi connectivity index (χ3v) is 17.4. The van der Waals surface area contributed by atoms with Crippen LogP contribution in [0.4, 0.5) is 0 Å². The van der Waals surface area contributed by atoms with E-state index in [-0.39, 0.29) is 27.8 Å². The average Bonchev–Trinajstić information content (AvgIpc) is 3.41. The van der Waals surface area contributed by atoms with Gasteiger partial charge in [-0.2, -0.15) is 5.10 Å². The molecule has 1 unspecified atom stereocenters. The van der Waals surface area contributed by atoms with E-state index in [4.69, 9.17) is 4.43 Å². The Kier molecular flexibility index (Phi) is 7.41. The van der Waals surface area contributed by atoms with Gasteiger partial charge in [0.15, 0.2) is 14.1 Å². The molecule has 6 heteroatoms. The molecule has 0 saturated heterocycles. The molecule has 1 heterocycles. The number of nitrogens with zero attached hydrogens (tertiary/aromatic N) is 2. The van der Waals surface area contributed by atoms with E-state index in [1.165, 1.54) is 51.4 Å². The van der Waals surface area contributed by atoms with Crippen molar-refractivity contribution in [2.24, 2.45) is 40.9 Å². The first-order chi connectivity index (χ1) is 18.0. The Morgan fingerprint density at radius 3 is 2.38 bits per heavy atom. The van der Waals surface area contributed by atoms with E-state index in [1.54, 1.807) is 24.0 Å². The van der Waals surface area contributed by atoms with Crippen molar-refractivity contribution in [2.45, 2.75) is 142 Å². The summed E-state index contributed by atoms with van der Waals surface area (Å²) in [6, 6.07) is 0. The molecule has 0 aliphatic heterocycles. The third-order valence-electron chi connectivity index (χ3n) is 12.8. The molecular weight excluding hydrogens is 500 g/mol. The van der Waals surface area contributed by atoms with Gasteiger partial charge in [-0.15, -0.1) is 0 Å². The molecule has 4 fully saturated rings. The van der Waals surface area contributed by atoms with Crippen LogP contribution in [0, 0.1) is 40.9 Å². The Hall–Kier alpha value is -0.983. The van der Waals surface area contributed by atoms with E-state index in [9.17, 15) is 9.90 Å². The Bertz CT molecular complexity index is 1070. The van der Waals surface area contributed by atoms with Crippen LogP contribution in [0.15, 0.2) is 12.4 Å². The highest BCUT2D eigenvalue weighted by atomic mass is 28.4. The molecule has 4 aliphatic carbocycles. The maximum absolute atomic E-state index is 11.9. The van der Waals surface area contributed by atoms with Gasteiger partial charge in [0.25, 0.3) is 0 Å². The van der Waals surface area contributed by atoms with Gasteiger partial charge in [0.1, 0.15) is 0 Å². The molecule has 39 heavy (non-hydrogen) atoms. The molecule has 1 N–H and O–H groups in total. The highest BCUT2D eigenvalue weighted by Crippen LogP contribution is 2.66. The molecule has 4 aliphatic rings. The third kappa shape index (κ3) is 5.25. The monoisotopic (exact) mass is 556 g/mol. The second kappa shape index (κ2) is 9.80. The van der Waals surface area contributed by atoms with Gasteiger partial charge in [-0.3, -0.25) is 9.48 Å². The first-order valence-electron chi connectivity index (χ1n) is 15.9. The van der Waals surface area contributed by atoms with E-state index in [1.807, 2.05) is 6.92 Å². The van der Waals surface area contributed by atoms with Gasteiger partial charge in [-0.1, -0.05) is 27.7 Å². The summed E-state index contributed by atoms with van der Waals surface area (Å²) in [5, 5.41) is 16.5. The van der Waals surface area contributed by atoms with Gasteiger partial charge in [0.05, 0.1) is 29.5 Å². The molecular formula is C33H56N2O3Si. The van der Waals surface area contributed by atoms with Gasteiger partial charge < -0.3 is 9.53 Å². The maximum atomic E-state index is 11.9. The van der Waals surface area contributed by atoms with Crippen LogP contribution in [0.25, 0.3) is 0 Å². The van der Waals surface area contributed by atoms with Crippen molar-refractivity contribution in [3.05, 3.63) is 18.0 Å². The fourth-order valence-electron chi connectivity index (χ4n) is 10.0. The van der Waals surface area contributed by atoms with E-state index in [2.05, 4.69) is 52.8 Å². The van der Waals surface area contributed by atoms with Gasteiger partial charge in [-0.25, -0.2) is 0 Å². The van der Waals surface area contributed by atoms with Crippen molar-refractivity contribution >= 4 is 14.1 Å². The SMILES string of the molecule is CC(=O)c1cnn(CC(C)(O)[C@H]2CC[C@H]3[C@@H]4CC[C@@H]5C[C@](C)(O[Si](C)(C)C(C)(C)C)CC[C@@H]5[C@H]4CC[C@]23C)c1. The van der Waals surface area contributed by atoms with E-state index in [0.29, 0.717) is 12.1 Å². The summed E-state index contributed by atoms with van der Waals surface area (Å²) in [5.41, 5.74) is 0.0211. The lowest BCUT2D eigenvalue weighted by Gasteiger charge is -2.59. The van der Waals surface area contributed by atoms with Crippen LogP contribution >= 0.6 is 0 Å². The lowest BCUT2D eigenvalue weighted by Crippen LogP contribution is -2.55. The predicted molar refractivity (Wildman–Crippen MR) is 160 cm³/mol. The minimum atomic E-state index is -1.79. The van der Waals surface area contributed by atoms with Gasteiger partial charge in [0, 0.05) is 6.20 Å². The van der Waals surface area contributed by atoms with Crippen LogP contribution < -0.4 is 0 Å². The van der Waals surface area contributed by atoms with Crippen LogP contribution in [0.5, 0.6) is 0 Å². The Balaban J connectivity index is 1.27. The predicted octanol–water partition coefficient (Wildman–Crippen LogP) is 7.89. The van der Waals surface area contributed by atoms with Crippen LogP contribution in [0.2, 0.25) is 18.1 Å². The number of ketones is 1. The topological polar surface area (TPSA) is 64.4 Å². The van der Waals surface area contributed by atoms with Crippen LogP contribution in [-0.4, -0.2) is 40.2 Å². The summed E-state index contributed by atoms with van der Waals surface area (Å²) in [6.07, 6.45) is 14.9. The molecule has 0 radical (unpaired) electrons. The normalized spacial score (nSPS) is 40.4. The summed E-state index contributed by atoms with van der Waals surface area (Å²) >= 11 is 0. The molecule has 9 atom stereocenters. The summed E-state index contributed by atoms with van der Waals surface area (Å²) in [4.78, 5) is 11.8. The maximum Gasteiger partial charge on any atom is 0.192 e. The smallest absolute Gasteiger partial charge is 0.192 e. The van der Waals surface area contributed by atoms with E-state index >= 15 is 0 Å². The van der Waals surface area contributed by atoms with Crippen molar-refractivity contribution < 1.29 is 14.3 Å². The molecule has 1 aromatic rings. The molecule has 220 valence electrons. The van der Waals surface area contributed by atoms with Crippen LogP contribution in [-0.2, 0) is 11.0 Å². The summed E-state index contributed by atoms with van der Waals surface area (Å²) in [5.74, 6) is 4.35. The first-order valence-corrected chi connectivity index (χ1v) is 18.8.